The zero-order valence-electron chi connectivity index (χ0n) is 26.1. The van der Waals surface area contributed by atoms with Gasteiger partial charge in [-0.15, -0.1) is 0 Å². The molecule has 10 nitrogen and oxygen atoms in total. The number of hydrogen-bond acceptors (Lipinski definition) is 8. The highest BCUT2D eigenvalue weighted by Gasteiger charge is 2.19. The molecule has 0 radical (unpaired) electrons. The molecule has 0 aliphatic carbocycles. The van der Waals surface area contributed by atoms with Crippen molar-refractivity contribution < 1.29 is 37.6 Å². The summed E-state index contributed by atoms with van der Waals surface area (Å²) in [5.74, 6) is 0.558. The molecular weight excluding hydrogens is 608 g/mol. The fourth-order valence-electron chi connectivity index (χ4n) is 4.67. The highest BCUT2D eigenvalue weighted by Crippen LogP contribution is 2.31. The molecule has 46 heavy (non-hydrogen) atoms. The second-order valence-electron chi connectivity index (χ2n) is 10.8. The normalized spacial score (nSPS) is 13.3. The van der Waals surface area contributed by atoms with E-state index in [0.717, 1.165) is 22.9 Å². The van der Waals surface area contributed by atoms with Gasteiger partial charge in [0.1, 0.15) is 30.5 Å². The van der Waals surface area contributed by atoms with Crippen LogP contribution in [-0.4, -0.2) is 56.2 Å². The second kappa shape index (κ2) is 16.1. The number of carboxylic acids is 1. The van der Waals surface area contributed by atoms with Crippen LogP contribution in [0.3, 0.4) is 0 Å². The SMILES string of the molecule is CCC(Oc1ccc(-c2ccc(OCCN[C@@H](C)[C@@H](O)c3ccc(OCc4ccccc4)c(NS(C)(=O)=O)c3)cc2)cc1)C(=O)O. The summed E-state index contributed by atoms with van der Waals surface area (Å²) < 4.78 is 43.8. The van der Waals surface area contributed by atoms with E-state index in [4.69, 9.17) is 14.2 Å². The minimum absolute atomic E-state index is 0.251. The summed E-state index contributed by atoms with van der Waals surface area (Å²) in [6.45, 7) is 4.68. The van der Waals surface area contributed by atoms with Crippen molar-refractivity contribution in [3.8, 4) is 28.4 Å². The van der Waals surface area contributed by atoms with Gasteiger partial charge in [0.15, 0.2) is 6.10 Å². The van der Waals surface area contributed by atoms with Crippen LogP contribution in [0.1, 0.15) is 37.5 Å². The van der Waals surface area contributed by atoms with Gasteiger partial charge in [-0.1, -0.05) is 67.6 Å². The average molecular weight is 649 g/mol. The Bertz CT molecular complexity index is 1660. The Morgan fingerprint density at radius 1 is 0.870 bits per heavy atom. The van der Waals surface area contributed by atoms with Crippen molar-refractivity contribution in [1.82, 2.24) is 5.32 Å². The van der Waals surface area contributed by atoms with Gasteiger partial charge in [-0.2, -0.15) is 0 Å². The molecule has 0 aromatic heterocycles. The van der Waals surface area contributed by atoms with Crippen LogP contribution in [0.25, 0.3) is 11.1 Å². The molecule has 0 heterocycles. The number of carboxylic acid groups (broad SMARTS) is 1. The van der Waals surface area contributed by atoms with Gasteiger partial charge in [-0.25, -0.2) is 13.2 Å². The van der Waals surface area contributed by atoms with Crippen molar-refractivity contribution in [1.29, 1.82) is 0 Å². The molecule has 4 aromatic rings. The van der Waals surface area contributed by atoms with E-state index < -0.39 is 28.2 Å². The summed E-state index contributed by atoms with van der Waals surface area (Å²) >= 11 is 0. The van der Waals surface area contributed by atoms with Gasteiger partial charge in [-0.3, -0.25) is 4.72 Å². The van der Waals surface area contributed by atoms with Crippen molar-refractivity contribution in [3.63, 3.8) is 0 Å². The number of aliphatic carboxylic acids is 1. The van der Waals surface area contributed by atoms with Crippen LogP contribution < -0.4 is 24.2 Å². The molecule has 4 aromatic carbocycles. The lowest BCUT2D eigenvalue weighted by molar-refractivity contribution is -0.145. The number of hydrogen-bond donors (Lipinski definition) is 4. The van der Waals surface area contributed by atoms with Crippen LogP contribution >= 0.6 is 0 Å². The third-order valence-corrected chi connectivity index (χ3v) is 7.75. The maximum Gasteiger partial charge on any atom is 0.344 e. The number of sulfonamides is 1. The number of anilines is 1. The molecule has 0 saturated heterocycles. The first kappa shape index (κ1) is 34.3. The molecule has 4 N–H and O–H groups in total. The summed E-state index contributed by atoms with van der Waals surface area (Å²) in [7, 11) is -3.58. The molecule has 0 amide bonds. The predicted molar refractivity (Wildman–Crippen MR) is 178 cm³/mol. The Labute approximate surface area is 270 Å². The molecule has 0 bridgehead atoms. The van der Waals surface area contributed by atoms with Gasteiger partial charge in [-0.05, 0) is 72.0 Å². The highest BCUT2D eigenvalue weighted by molar-refractivity contribution is 7.92. The van der Waals surface area contributed by atoms with E-state index in [1.807, 2.05) is 73.7 Å². The topological polar surface area (TPSA) is 143 Å². The Morgan fingerprint density at radius 3 is 2.09 bits per heavy atom. The first-order valence-corrected chi connectivity index (χ1v) is 16.8. The molecule has 0 aliphatic rings. The zero-order valence-corrected chi connectivity index (χ0v) is 26.9. The number of benzene rings is 4. The number of rotatable bonds is 17. The molecule has 3 atom stereocenters. The van der Waals surface area contributed by atoms with Crippen molar-refractivity contribution in [3.05, 3.63) is 108 Å². The Balaban J connectivity index is 1.28. The summed E-state index contributed by atoms with van der Waals surface area (Å²) in [4.78, 5) is 11.2. The molecular formula is C35H40N2O8S. The highest BCUT2D eigenvalue weighted by atomic mass is 32.2. The average Bonchev–Trinajstić information content (AvgIpc) is 3.04. The van der Waals surface area contributed by atoms with Crippen LogP contribution in [0.4, 0.5) is 5.69 Å². The van der Waals surface area contributed by atoms with Gasteiger partial charge in [0, 0.05) is 12.6 Å². The molecule has 0 spiro atoms. The van der Waals surface area contributed by atoms with Gasteiger partial charge >= 0.3 is 5.97 Å². The fourth-order valence-corrected chi connectivity index (χ4v) is 5.23. The molecule has 244 valence electrons. The quantitative estimate of drug-likeness (QED) is 0.107. The van der Waals surface area contributed by atoms with Crippen LogP contribution in [0.5, 0.6) is 17.2 Å². The summed E-state index contributed by atoms with van der Waals surface area (Å²) in [5, 5.41) is 23.4. The number of ether oxygens (including phenoxy) is 3. The third kappa shape index (κ3) is 10.2. The van der Waals surface area contributed by atoms with Gasteiger partial charge in [0.25, 0.3) is 0 Å². The molecule has 0 aliphatic heterocycles. The van der Waals surface area contributed by atoms with Gasteiger partial charge in [0.05, 0.1) is 18.0 Å². The van der Waals surface area contributed by atoms with E-state index in [1.165, 1.54) is 0 Å². The van der Waals surface area contributed by atoms with Crippen molar-refractivity contribution in [2.45, 2.75) is 45.1 Å². The van der Waals surface area contributed by atoms with Crippen molar-refractivity contribution >= 4 is 21.7 Å². The maximum atomic E-state index is 12.0. The summed E-state index contributed by atoms with van der Waals surface area (Å²) in [6, 6.07) is 29.0. The van der Waals surface area contributed by atoms with E-state index in [1.54, 1.807) is 37.3 Å². The van der Waals surface area contributed by atoms with E-state index in [-0.39, 0.29) is 18.3 Å². The van der Waals surface area contributed by atoms with Crippen molar-refractivity contribution in [2.24, 2.45) is 0 Å². The first-order valence-electron chi connectivity index (χ1n) is 14.9. The molecule has 4 rings (SSSR count). The monoisotopic (exact) mass is 648 g/mol. The standard InChI is InChI=1S/C35H40N2O8S/c1-4-32(35(39)40)45-30-17-12-27(13-18-30)26-10-15-29(16-11-26)43-21-20-36-24(2)34(38)28-14-19-33(31(22-28)37-46(3,41)42)44-23-25-8-6-5-7-9-25/h5-19,22,24,32,34,36-38H,4,20-21,23H2,1-3H3,(H,39,40)/t24-,32?,34+/m0/s1. The lowest BCUT2D eigenvalue weighted by Gasteiger charge is -2.22. The number of nitrogens with one attached hydrogen (secondary N) is 2. The lowest BCUT2D eigenvalue weighted by atomic mass is 10.0. The minimum atomic E-state index is -3.58. The van der Waals surface area contributed by atoms with Gasteiger partial charge < -0.3 is 29.7 Å². The zero-order chi connectivity index (χ0) is 33.1. The Kier molecular flexibility index (Phi) is 12.0. The van der Waals surface area contributed by atoms with E-state index in [0.29, 0.717) is 42.4 Å². The number of carbonyl (C=O) groups is 1. The maximum absolute atomic E-state index is 12.0. The minimum Gasteiger partial charge on any atom is -0.492 e. The predicted octanol–water partition coefficient (Wildman–Crippen LogP) is 5.64. The smallest absolute Gasteiger partial charge is 0.344 e. The van der Waals surface area contributed by atoms with E-state index >= 15 is 0 Å². The van der Waals surface area contributed by atoms with E-state index in [9.17, 15) is 23.4 Å². The van der Waals surface area contributed by atoms with Crippen molar-refractivity contribution in [2.75, 3.05) is 24.1 Å². The van der Waals surface area contributed by atoms with Crippen LogP contribution in [0.2, 0.25) is 0 Å². The lowest BCUT2D eigenvalue weighted by Crippen LogP contribution is -2.35. The number of aliphatic hydroxyl groups is 1. The van der Waals surface area contributed by atoms with Crippen LogP contribution in [0, 0.1) is 0 Å². The Hall–Kier alpha value is -4.58. The fraction of sp³-hybridized carbons (Fsp3) is 0.286. The van der Waals surface area contributed by atoms with Crippen LogP contribution in [0.15, 0.2) is 97.1 Å². The number of aliphatic hydroxyl groups excluding tert-OH is 1. The summed E-state index contributed by atoms with van der Waals surface area (Å²) in [6.07, 6.45) is -0.359. The molecule has 0 fully saturated rings. The molecule has 1 unspecified atom stereocenters. The summed E-state index contributed by atoms with van der Waals surface area (Å²) in [5.41, 5.74) is 3.65. The van der Waals surface area contributed by atoms with Gasteiger partial charge in [0.2, 0.25) is 10.0 Å². The van der Waals surface area contributed by atoms with E-state index in [2.05, 4.69) is 10.0 Å². The third-order valence-electron chi connectivity index (χ3n) is 7.15. The van der Waals surface area contributed by atoms with Crippen LogP contribution in [-0.2, 0) is 21.4 Å². The largest absolute Gasteiger partial charge is 0.492 e. The Morgan fingerprint density at radius 2 is 1.50 bits per heavy atom. The molecule has 11 heteroatoms. The second-order valence-corrected chi connectivity index (χ2v) is 12.6. The molecule has 0 saturated carbocycles. The first-order chi connectivity index (χ1) is 22.0.